The standard InChI is InChI=1S/C27H26F7N4O3/c28-21-4-2-1-3-19(21)23-13-24(37-5-7-40-8-6-37)41-25-20(14-35-15-36-25)22(38(23)39)11-16-9-17(26(29,30)31)12-18(10-16)27(32,33)34/h1-4,9-10,12-13,22,24,35-36H,5-8,11,14-15H2/q-1/b23-13-. The van der Waals surface area contributed by atoms with Crippen molar-refractivity contribution in [2.24, 2.45) is 0 Å². The molecule has 2 aromatic carbocycles. The van der Waals surface area contributed by atoms with E-state index in [1.165, 1.54) is 24.3 Å². The molecule has 1 saturated heterocycles. The topological polar surface area (TPSA) is 72.1 Å². The first-order valence-electron chi connectivity index (χ1n) is 12.8. The summed E-state index contributed by atoms with van der Waals surface area (Å²) in [6.45, 7) is 1.97. The first-order valence-corrected chi connectivity index (χ1v) is 12.8. The largest absolute Gasteiger partial charge is 0.758 e. The number of benzene rings is 2. The molecule has 1 fully saturated rings. The molecule has 0 aromatic heterocycles. The molecule has 2 atom stereocenters. The Morgan fingerprint density at radius 3 is 2.24 bits per heavy atom. The predicted octanol–water partition coefficient (Wildman–Crippen LogP) is 4.67. The molecule has 7 nitrogen and oxygen atoms in total. The third kappa shape index (κ3) is 6.45. The summed E-state index contributed by atoms with van der Waals surface area (Å²) < 4.78 is 108. The van der Waals surface area contributed by atoms with Crippen molar-refractivity contribution in [2.75, 3.05) is 39.5 Å². The fourth-order valence-corrected chi connectivity index (χ4v) is 5.05. The van der Waals surface area contributed by atoms with E-state index < -0.39 is 48.0 Å². The van der Waals surface area contributed by atoms with Gasteiger partial charge in [-0.1, -0.05) is 12.1 Å². The molecule has 0 radical (unpaired) electrons. The van der Waals surface area contributed by atoms with Crippen LogP contribution in [0.1, 0.15) is 22.3 Å². The van der Waals surface area contributed by atoms with E-state index in [4.69, 9.17) is 9.47 Å². The Morgan fingerprint density at radius 2 is 1.61 bits per heavy atom. The predicted molar refractivity (Wildman–Crippen MR) is 134 cm³/mol. The van der Waals surface area contributed by atoms with E-state index in [0.717, 1.165) is 6.07 Å². The first kappa shape index (κ1) is 29.2. The highest BCUT2D eigenvalue weighted by molar-refractivity contribution is 5.66. The van der Waals surface area contributed by atoms with Gasteiger partial charge in [0.1, 0.15) is 5.82 Å². The van der Waals surface area contributed by atoms with E-state index in [1.54, 1.807) is 0 Å². The van der Waals surface area contributed by atoms with Crippen LogP contribution in [-0.4, -0.2) is 61.7 Å². The van der Waals surface area contributed by atoms with Crippen molar-refractivity contribution in [1.29, 1.82) is 0 Å². The molecule has 5 rings (SSSR count). The van der Waals surface area contributed by atoms with Crippen molar-refractivity contribution in [3.63, 3.8) is 0 Å². The molecule has 0 spiro atoms. The Balaban J connectivity index is 1.63. The summed E-state index contributed by atoms with van der Waals surface area (Å²) in [5.41, 5.74) is -3.33. The molecule has 0 aliphatic carbocycles. The van der Waals surface area contributed by atoms with E-state index in [9.17, 15) is 31.5 Å². The van der Waals surface area contributed by atoms with Gasteiger partial charge in [0.25, 0.3) is 0 Å². The maximum absolute atomic E-state index is 15.0. The number of halogens is 7. The highest BCUT2D eigenvalue weighted by Gasteiger charge is 2.38. The molecule has 2 N–H and O–H groups in total. The molecular weight excluding hydrogens is 561 g/mol. The minimum Gasteiger partial charge on any atom is -0.758 e. The minimum absolute atomic E-state index is 0.0335. The molecule has 2 unspecified atom stereocenters. The van der Waals surface area contributed by atoms with Gasteiger partial charge in [-0.2, -0.15) is 26.3 Å². The van der Waals surface area contributed by atoms with Crippen molar-refractivity contribution >= 4 is 5.70 Å². The Hall–Kier alpha value is -3.33. The lowest BCUT2D eigenvalue weighted by molar-refractivity contribution is -0.143. The zero-order valence-corrected chi connectivity index (χ0v) is 21.5. The number of rotatable bonds is 4. The number of morpholine rings is 1. The molecule has 0 amide bonds. The highest BCUT2D eigenvalue weighted by atomic mass is 19.4. The molecule has 2 aromatic rings. The van der Waals surface area contributed by atoms with Crippen LogP contribution in [0.5, 0.6) is 0 Å². The maximum Gasteiger partial charge on any atom is 0.416 e. The number of hydrogen-bond acceptors (Lipinski definition) is 7. The molecule has 14 heteroatoms. The van der Waals surface area contributed by atoms with Gasteiger partial charge in [0.15, 0.2) is 12.1 Å². The van der Waals surface area contributed by atoms with Crippen molar-refractivity contribution in [1.82, 2.24) is 20.6 Å². The zero-order chi connectivity index (χ0) is 29.4. The average molecular weight is 588 g/mol. The molecule has 3 aliphatic heterocycles. The van der Waals surface area contributed by atoms with Crippen molar-refractivity contribution in [3.8, 4) is 0 Å². The van der Waals surface area contributed by atoms with E-state index in [-0.39, 0.29) is 47.6 Å². The van der Waals surface area contributed by atoms with Crippen LogP contribution in [0.4, 0.5) is 30.7 Å². The highest BCUT2D eigenvalue weighted by Crippen LogP contribution is 2.38. The number of ether oxygens (including phenoxy) is 2. The van der Waals surface area contributed by atoms with Crippen LogP contribution in [0.25, 0.3) is 5.70 Å². The van der Waals surface area contributed by atoms with Crippen LogP contribution >= 0.6 is 0 Å². The average Bonchev–Trinajstić information content (AvgIpc) is 2.93. The number of alkyl halides is 6. The van der Waals surface area contributed by atoms with Gasteiger partial charge in [-0.25, -0.2) is 4.39 Å². The summed E-state index contributed by atoms with van der Waals surface area (Å²) in [5.74, 6) is -0.551. The van der Waals surface area contributed by atoms with Crippen LogP contribution in [-0.2, 0) is 28.2 Å². The third-order valence-electron chi connectivity index (χ3n) is 7.07. The van der Waals surface area contributed by atoms with E-state index >= 15 is 4.39 Å². The second kappa shape index (κ2) is 11.5. The summed E-state index contributed by atoms with van der Waals surface area (Å²) in [4.78, 5) is 1.88. The van der Waals surface area contributed by atoms with Crippen LogP contribution < -0.4 is 10.6 Å². The Labute approximate surface area is 230 Å². The Kier molecular flexibility index (Phi) is 8.19. The van der Waals surface area contributed by atoms with Gasteiger partial charge in [-0.3, -0.25) is 10.2 Å². The van der Waals surface area contributed by atoms with Gasteiger partial charge in [0.05, 0.1) is 31.0 Å². The number of nitrogens with zero attached hydrogens (tertiary/aromatic N) is 2. The maximum atomic E-state index is 15.0. The van der Waals surface area contributed by atoms with Crippen LogP contribution in [0.2, 0.25) is 0 Å². The fourth-order valence-electron chi connectivity index (χ4n) is 5.05. The normalized spacial score (nSPS) is 24.0. The van der Waals surface area contributed by atoms with Crippen LogP contribution in [0, 0.1) is 11.0 Å². The summed E-state index contributed by atoms with van der Waals surface area (Å²) >= 11 is 0. The van der Waals surface area contributed by atoms with Gasteiger partial charge < -0.3 is 25.1 Å². The van der Waals surface area contributed by atoms with Crippen LogP contribution in [0.15, 0.2) is 60.0 Å². The molecule has 41 heavy (non-hydrogen) atoms. The SMILES string of the molecule is [O-]N1/C(c2ccccc2F)=C\C(N2CCOCC2)OC2=C(CNCN2)C1Cc1cc(C(F)(F)F)cc(C(F)(F)F)c1. The lowest BCUT2D eigenvalue weighted by atomic mass is 9.93. The summed E-state index contributed by atoms with van der Waals surface area (Å²) in [7, 11) is 0. The molecule has 3 heterocycles. The minimum atomic E-state index is -5.06. The second-order valence-electron chi connectivity index (χ2n) is 9.78. The van der Waals surface area contributed by atoms with Gasteiger partial charge >= 0.3 is 12.4 Å². The van der Waals surface area contributed by atoms with Crippen molar-refractivity contribution in [3.05, 3.63) is 93.3 Å². The molecule has 222 valence electrons. The van der Waals surface area contributed by atoms with Gasteiger partial charge in [0.2, 0.25) is 0 Å². The summed E-state index contributed by atoms with van der Waals surface area (Å²) in [6, 6.07) is 5.35. The first-order chi connectivity index (χ1) is 19.4. The summed E-state index contributed by atoms with van der Waals surface area (Å²) in [5, 5.41) is 20.6. The van der Waals surface area contributed by atoms with Crippen LogP contribution in [0.3, 0.4) is 0 Å². The second-order valence-corrected chi connectivity index (χ2v) is 9.78. The lowest BCUT2D eigenvalue weighted by Crippen LogP contribution is -2.50. The van der Waals surface area contributed by atoms with Crippen molar-refractivity contribution < 1.29 is 40.2 Å². The molecule has 0 saturated carbocycles. The molecular formula is C27H26F7N4O3-. The van der Waals surface area contributed by atoms with E-state index in [1.807, 2.05) is 4.90 Å². The fraction of sp³-hybridized carbons (Fsp3) is 0.407. The lowest BCUT2D eigenvalue weighted by Gasteiger charge is -2.47. The van der Waals surface area contributed by atoms with Gasteiger partial charge in [0, 0.05) is 42.5 Å². The monoisotopic (exact) mass is 587 g/mol. The van der Waals surface area contributed by atoms with Crippen molar-refractivity contribution in [2.45, 2.75) is 31.0 Å². The third-order valence-corrected chi connectivity index (χ3v) is 7.07. The Bertz CT molecular complexity index is 1290. The Morgan fingerprint density at radius 1 is 0.951 bits per heavy atom. The quantitative estimate of drug-likeness (QED) is 0.505. The zero-order valence-electron chi connectivity index (χ0n) is 21.5. The van der Waals surface area contributed by atoms with E-state index in [0.29, 0.717) is 43.5 Å². The van der Waals surface area contributed by atoms with Gasteiger partial charge in [-0.05, 0) is 48.4 Å². The molecule has 3 aliphatic rings. The number of hydroxylamine groups is 2. The smallest absolute Gasteiger partial charge is 0.416 e. The van der Waals surface area contributed by atoms with Gasteiger partial charge in [-0.15, -0.1) is 0 Å². The number of nitrogens with one attached hydrogen (secondary N) is 2. The molecule has 0 bridgehead atoms. The summed E-state index contributed by atoms with van der Waals surface area (Å²) in [6.07, 6.45) is -10.1. The number of hydrogen-bond donors (Lipinski definition) is 2. The van der Waals surface area contributed by atoms with E-state index in [2.05, 4.69) is 10.6 Å².